The Hall–Kier alpha value is -1.98. The second-order valence-electron chi connectivity index (χ2n) is 4.80. The van der Waals surface area contributed by atoms with Crippen molar-refractivity contribution in [3.05, 3.63) is 51.8 Å². The van der Waals surface area contributed by atoms with E-state index in [9.17, 15) is 4.79 Å². The molecule has 0 saturated heterocycles. The first-order valence-electron chi connectivity index (χ1n) is 6.56. The lowest BCUT2D eigenvalue weighted by Gasteiger charge is -2.15. The average molecular weight is 339 g/mol. The van der Waals surface area contributed by atoms with Gasteiger partial charge in [-0.15, -0.1) is 0 Å². The summed E-state index contributed by atoms with van der Waals surface area (Å²) < 4.78 is 10.6. The van der Waals surface area contributed by atoms with Crippen molar-refractivity contribution >= 4 is 29.1 Å². The number of ether oxygens (including phenoxy) is 2. The molecule has 3 rings (SSSR count). The van der Waals surface area contributed by atoms with Crippen LogP contribution in [0.1, 0.15) is 28.9 Å². The van der Waals surface area contributed by atoms with E-state index >= 15 is 0 Å². The molecule has 1 unspecified atom stereocenters. The van der Waals surface area contributed by atoms with Crippen LogP contribution in [0.3, 0.4) is 0 Å². The van der Waals surface area contributed by atoms with E-state index in [1.807, 2.05) is 25.1 Å². The van der Waals surface area contributed by atoms with Gasteiger partial charge in [0.2, 0.25) is 6.79 Å². The van der Waals surface area contributed by atoms with Gasteiger partial charge in [-0.3, -0.25) is 4.79 Å². The van der Waals surface area contributed by atoms with Crippen LogP contribution in [0, 0.1) is 0 Å². The van der Waals surface area contributed by atoms with Crippen LogP contribution >= 0.6 is 23.2 Å². The standard InChI is InChI=1S/C15H12Cl2N2O3/c1-8(9-2-3-12-13(5-9)22-7-21-12)19-15(20)10-4-11(16)14(17)18-6-10/h2-6,8H,7H2,1H3,(H,19,20). The fourth-order valence-electron chi connectivity index (χ4n) is 2.09. The lowest BCUT2D eigenvalue weighted by Crippen LogP contribution is -2.26. The van der Waals surface area contributed by atoms with E-state index in [-0.39, 0.29) is 28.9 Å². The molecule has 0 saturated carbocycles. The number of benzene rings is 1. The Morgan fingerprint density at radius 2 is 2.05 bits per heavy atom. The Morgan fingerprint density at radius 1 is 1.27 bits per heavy atom. The molecule has 1 atom stereocenters. The van der Waals surface area contributed by atoms with Gasteiger partial charge in [0.15, 0.2) is 11.5 Å². The molecule has 0 bridgehead atoms. The fourth-order valence-corrected chi connectivity index (χ4v) is 2.36. The molecule has 0 radical (unpaired) electrons. The van der Waals surface area contributed by atoms with Gasteiger partial charge in [-0.2, -0.15) is 0 Å². The molecule has 114 valence electrons. The number of amides is 1. The topological polar surface area (TPSA) is 60.5 Å². The summed E-state index contributed by atoms with van der Waals surface area (Å²) in [5, 5.41) is 3.28. The van der Waals surface area contributed by atoms with Gasteiger partial charge in [0, 0.05) is 6.20 Å². The molecule has 0 spiro atoms. The number of fused-ring (bicyclic) bond motifs is 1. The minimum atomic E-state index is -0.281. The Morgan fingerprint density at radius 3 is 2.82 bits per heavy atom. The zero-order valence-corrected chi connectivity index (χ0v) is 13.1. The normalized spacial score (nSPS) is 13.8. The summed E-state index contributed by atoms with van der Waals surface area (Å²) >= 11 is 11.6. The number of carbonyl (C=O) groups is 1. The molecule has 7 heteroatoms. The summed E-state index contributed by atoms with van der Waals surface area (Å²) in [5.74, 6) is 1.10. The van der Waals surface area contributed by atoms with E-state index in [1.54, 1.807) is 0 Å². The third-order valence-electron chi connectivity index (χ3n) is 3.30. The first kappa shape index (κ1) is 14.9. The van der Waals surface area contributed by atoms with Crippen LogP contribution in [0.25, 0.3) is 0 Å². The van der Waals surface area contributed by atoms with E-state index in [0.717, 1.165) is 5.56 Å². The highest BCUT2D eigenvalue weighted by molar-refractivity contribution is 6.41. The van der Waals surface area contributed by atoms with Crippen LogP contribution < -0.4 is 14.8 Å². The zero-order valence-electron chi connectivity index (χ0n) is 11.6. The fraction of sp³-hybridized carbons (Fsp3) is 0.200. The van der Waals surface area contributed by atoms with Crippen molar-refractivity contribution in [3.63, 3.8) is 0 Å². The van der Waals surface area contributed by atoms with Gasteiger partial charge in [0.1, 0.15) is 5.15 Å². The number of carbonyl (C=O) groups excluding carboxylic acids is 1. The Balaban J connectivity index is 1.74. The molecule has 0 fully saturated rings. The number of hydrogen-bond acceptors (Lipinski definition) is 4. The number of pyridine rings is 1. The monoisotopic (exact) mass is 338 g/mol. The first-order valence-corrected chi connectivity index (χ1v) is 7.31. The summed E-state index contributed by atoms with van der Waals surface area (Å²) in [6, 6.07) is 6.82. The number of halogens is 2. The summed E-state index contributed by atoms with van der Waals surface area (Å²) in [4.78, 5) is 16.1. The van der Waals surface area contributed by atoms with E-state index in [2.05, 4.69) is 10.3 Å². The van der Waals surface area contributed by atoms with Crippen LogP contribution in [0.5, 0.6) is 11.5 Å². The van der Waals surface area contributed by atoms with Gasteiger partial charge in [0.05, 0.1) is 16.6 Å². The maximum Gasteiger partial charge on any atom is 0.253 e. The highest BCUT2D eigenvalue weighted by Crippen LogP contribution is 2.34. The smallest absolute Gasteiger partial charge is 0.253 e. The van der Waals surface area contributed by atoms with E-state index in [0.29, 0.717) is 17.1 Å². The number of nitrogens with one attached hydrogen (secondary N) is 1. The summed E-state index contributed by atoms with van der Waals surface area (Å²) in [6.45, 7) is 2.09. The lowest BCUT2D eigenvalue weighted by molar-refractivity contribution is 0.0939. The Labute approximate surface area is 137 Å². The van der Waals surface area contributed by atoms with E-state index in [4.69, 9.17) is 32.7 Å². The average Bonchev–Trinajstić information content (AvgIpc) is 2.97. The third kappa shape index (κ3) is 2.96. The molecule has 2 aromatic rings. The van der Waals surface area contributed by atoms with Crippen LogP contribution in [0.2, 0.25) is 10.2 Å². The molecule has 1 amide bonds. The molecule has 1 aromatic heterocycles. The quantitative estimate of drug-likeness (QED) is 0.868. The molecule has 1 aliphatic rings. The van der Waals surface area contributed by atoms with Crippen LogP contribution in [0.15, 0.2) is 30.5 Å². The maximum atomic E-state index is 12.2. The second kappa shape index (κ2) is 6.02. The molecule has 5 nitrogen and oxygen atoms in total. The Kier molecular flexibility index (Phi) is 4.09. The minimum absolute atomic E-state index is 0.169. The second-order valence-corrected chi connectivity index (χ2v) is 5.57. The highest BCUT2D eigenvalue weighted by Gasteiger charge is 2.18. The van der Waals surface area contributed by atoms with Crippen molar-refractivity contribution in [2.24, 2.45) is 0 Å². The SMILES string of the molecule is CC(NC(=O)c1cnc(Cl)c(Cl)c1)c1ccc2c(c1)OCO2. The molecule has 1 aliphatic heterocycles. The van der Waals surface area contributed by atoms with Crippen molar-refractivity contribution in [2.75, 3.05) is 6.79 Å². The van der Waals surface area contributed by atoms with Crippen LogP contribution in [-0.4, -0.2) is 17.7 Å². The molecular formula is C15H12Cl2N2O3. The van der Waals surface area contributed by atoms with Crippen LogP contribution in [-0.2, 0) is 0 Å². The highest BCUT2D eigenvalue weighted by atomic mass is 35.5. The van der Waals surface area contributed by atoms with Crippen molar-refractivity contribution in [1.82, 2.24) is 10.3 Å². The van der Waals surface area contributed by atoms with E-state index in [1.165, 1.54) is 12.3 Å². The molecule has 22 heavy (non-hydrogen) atoms. The largest absolute Gasteiger partial charge is 0.454 e. The molecule has 1 N–H and O–H groups in total. The molecular weight excluding hydrogens is 327 g/mol. The lowest BCUT2D eigenvalue weighted by atomic mass is 10.1. The van der Waals surface area contributed by atoms with Crippen molar-refractivity contribution in [1.29, 1.82) is 0 Å². The van der Waals surface area contributed by atoms with E-state index < -0.39 is 0 Å². The molecule has 2 heterocycles. The van der Waals surface area contributed by atoms with Gasteiger partial charge < -0.3 is 14.8 Å². The predicted molar refractivity (Wildman–Crippen MR) is 82.7 cm³/mol. The zero-order chi connectivity index (χ0) is 15.7. The Bertz CT molecular complexity index is 737. The van der Waals surface area contributed by atoms with Crippen molar-refractivity contribution in [2.45, 2.75) is 13.0 Å². The molecule has 1 aromatic carbocycles. The van der Waals surface area contributed by atoms with Crippen molar-refractivity contribution < 1.29 is 14.3 Å². The van der Waals surface area contributed by atoms with Gasteiger partial charge in [-0.05, 0) is 30.7 Å². The minimum Gasteiger partial charge on any atom is -0.454 e. The first-order chi connectivity index (χ1) is 10.5. The van der Waals surface area contributed by atoms with Gasteiger partial charge in [0.25, 0.3) is 5.91 Å². The number of nitrogens with zero attached hydrogens (tertiary/aromatic N) is 1. The summed E-state index contributed by atoms with van der Waals surface area (Å²) in [6.07, 6.45) is 1.38. The third-order valence-corrected chi connectivity index (χ3v) is 3.99. The molecule has 0 aliphatic carbocycles. The predicted octanol–water partition coefficient (Wildman–Crippen LogP) is 3.61. The van der Waals surface area contributed by atoms with Crippen molar-refractivity contribution in [3.8, 4) is 11.5 Å². The van der Waals surface area contributed by atoms with Gasteiger partial charge in [-0.1, -0.05) is 29.3 Å². The summed E-state index contributed by atoms with van der Waals surface area (Å²) in [7, 11) is 0. The van der Waals surface area contributed by atoms with Crippen LogP contribution in [0.4, 0.5) is 0 Å². The maximum absolute atomic E-state index is 12.2. The van der Waals surface area contributed by atoms with Gasteiger partial charge in [-0.25, -0.2) is 4.98 Å². The number of aromatic nitrogens is 1. The number of hydrogen-bond donors (Lipinski definition) is 1. The number of rotatable bonds is 3. The summed E-state index contributed by atoms with van der Waals surface area (Å²) in [5.41, 5.74) is 1.26. The van der Waals surface area contributed by atoms with Gasteiger partial charge >= 0.3 is 0 Å².